The third kappa shape index (κ3) is 3.45. The zero-order valence-corrected chi connectivity index (χ0v) is 15.7. The Morgan fingerprint density at radius 3 is 2.18 bits per heavy atom. The first-order chi connectivity index (χ1) is 13.6. The number of nitrogens with zero attached hydrogens (tertiary/aromatic N) is 2. The quantitative estimate of drug-likeness (QED) is 0.795. The van der Waals surface area contributed by atoms with Crippen LogP contribution in [0.4, 0.5) is 15.8 Å². The van der Waals surface area contributed by atoms with E-state index in [1.165, 1.54) is 17.0 Å². The zero-order chi connectivity index (χ0) is 19.7. The Bertz CT molecular complexity index is 861. The van der Waals surface area contributed by atoms with Crippen molar-refractivity contribution in [2.45, 2.75) is 12.5 Å². The van der Waals surface area contributed by atoms with E-state index < -0.39 is 0 Å². The van der Waals surface area contributed by atoms with Crippen LogP contribution in [0.2, 0.25) is 0 Å². The molecule has 2 aliphatic heterocycles. The molecular weight excluding hydrogens is 361 g/mol. The molecule has 1 N–H and O–H groups in total. The van der Waals surface area contributed by atoms with Gasteiger partial charge in [-0.2, -0.15) is 0 Å². The molecule has 2 aliphatic rings. The lowest BCUT2D eigenvalue weighted by atomic mass is 10.1. The van der Waals surface area contributed by atoms with Crippen molar-refractivity contribution in [3.8, 4) is 5.75 Å². The van der Waals surface area contributed by atoms with E-state index >= 15 is 0 Å². The van der Waals surface area contributed by atoms with Gasteiger partial charge in [0, 0.05) is 5.69 Å². The minimum absolute atomic E-state index is 0.139. The summed E-state index contributed by atoms with van der Waals surface area (Å²) in [4.78, 5) is 30.1. The van der Waals surface area contributed by atoms with Crippen LogP contribution in [-0.2, 0) is 9.59 Å². The van der Waals surface area contributed by atoms with E-state index in [-0.39, 0.29) is 30.1 Å². The molecule has 7 heteroatoms. The maximum Gasteiger partial charge on any atom is 0.292 e. The van der Waals surface area contributed by atoms with Gasteiger partial charge in [-0.3, -0.25) is 9.59 Å². The fourth-order valence-electron chi connectivity index (χ4n) is 4.01. The van der Waals surface area contributed by atoms with Gasteiger partial charge < -0.3 is 14.5 Å². The molecule has 2 aromatic rings. The lowest BCUT2D eigenvalue weighted by molar-refractivity contribution is -0.915. The number of anilines is 2. The molecule has 146 valence electrons. The van der Waals surface area contributed by atoms with E-state index in [4.69, 9.17) is 4.74 Å². The smallest absolute Gasteiger partial charge is 0.292 e. The van der Waals surface area contributed by atoms with Crippen LogP contribution in [0.15, 0.2) is 48.5 Å². The number of amides is 2. The van der Waals surface area contributed by atoms with Gasteiger partial charge in [-0.05, 0) is 48.5 Å². The van der Waals surface area contributed by atoms with Crippen LogP contribution in [0.3, 0.4) is 0 Å². The molecule has 0 bridgehead atoms. The summed E-state index contributed by atoms with van der Waals surface area (Å²) in [6.45, 7) is 3.05. The second-order valence-corrected chi connectivity index (χ2v) is 7.14. The van der Waals surface area contributed by atoms with Crippen LogP contribution in [0, 0.1) is 5.82 Å². The normalized spacial score (nSPS) is 20.7. The second-order valence-electron chi connectivity index (χ2n) is 7.14. The van der Waals surface area contributed by atoms with E-state index in [9.17, 15) is 14.0 Å². The Hall–Kier alpha value is -2.93. The highest BCUT2D eigenvalue weighted by molar-refractivity contribution is 6.21. The maximum atomic E-state index is 13.1. The minimum atomic E-state index is -0.343. The van der Waals surface area contributed by atoms with Crippen LogP contribution in [-0.4, -0.2) is 51.1 Å². The average Bonchev–Trinajstić information content (AvgIpc) is 3.03. The van der Waals surface area contributed by atoms with Crippen LogP contribution >= 0.6 is 0 Å². The van der Waals surface area contributed by atoms with Crippen molar-refractivity contribution in [1.82, 2.24) is 0 Å². The summed E-state index contributed by atoms with van der Waals surface area (Å²) in [6, 6.07) is 13.1. The summed E-state index contributed by atoms with van der Waals surface area (Å²) >= 11 is 0. The van der Waals surface area contributed by atoms with E-state index in [1.807, 2.05) is 0 Å². The van der Waals surface area contributed by atoms with Gasteiger partial charge >= 0.3 is 0 Å². The summed E-state index contributed by atoms with van der Waals surface area (Å²) in [5, 5.41) is 0. The number of benzene rings is 2. The second kappa shape index (κ2) is 7.59. The topological polar surface area (TPSA) is 54.3 Å². The number of rotatable bonds is 4. The number of imide groups is 1. The highest BCUT2D eigenvalue weighted by Crippen LogP contribution is 2.24. The average molecular weight is 384 g/mol. The van der Waals surface area contributed by atoms with Gasteiger partial charge in [0.25, 0.3) is 5.91 Å². The van der Waals surface area contributed by atoms with Crippen molar-refractivity contribution < 1.29 is 23.6 Å². The maximum absolute atomic E-state index is 13.1. The molecule has 28 heavy (non-hydrogen) atoms. The molecule has 6 nitrogen and oxygen atoms in total. The fourth-order valence-corrected chi connectivity index (χ4v) is 4.01. The van der Waals surface area contributed by atoms with Gasteiger partial charge in [-0.15, -0.1) is 0 Å². The molecule has 1 atom stereocenters. The highest BCUT2D eigenvalue weighted by Gasteiger charge is 2.46. The van der Waals surface area contributed by atoms with E-state index in [2.05, 4.69) is 4.90 Å². The summed E-state index contributed by atoms with van der Waals surface area (Å²) in [5.74, 6) is 0.137. The predicted molar refractivity (Wildman–Crippen MR) is 103 cm³/mol. The molecular formula is C21H23FN3O3+. The minimum Gasteiger partial charge on any atom is -0.497 e. The van der Waals surface area contributed by atoms with E-state index in [0.717, 1.165) is 36.8 Å². The third-order valence-corrected chi connectivity index (χ3v) is 5.57. The number of piperazine rings is 1. The monoisotopic (exact) mass is 384 g/mol. The molecule has 2 heterocycles. The Morgan fingerprint density at radius 2 is 1.57 bits per heavy atom. The van der Waals surface area contributed by atoms with Crippen LogP contribution < -0.4 is 19.4 Å². The number of quaternary nitrogens is 1. The number of hydrogen-bond donors (Lipinski definition) is 1. The number of carbonyl (C=O) groups is 2. The van der Waals surface area contributed by atoms with Crippen molar-refractivity contribution in [2.24, 2.45) is 0 Å². The number of nitrogens with one attached hydrogen (secondary N) is 1. The molecule has 2 fully saturated rings. The third-order valence-electron chi connectivity index (χ3n) is 5.57. The fraction of sp³-hybridized carbons (Fsp3) is 0.333. The number of hydrogen-bond acceptors (Lipinski definition) is 4. The van der Waals surface area contributed by atoms with Gasteiger partial charge in [-0.25, -0.2) is 9.29 Å². The summed E-state index contributed by atoms with van der Waals surface area (Å²) < 4.78 is 18.3. The first-order valence-corrected chi connectivity index (χ1v) is 9.43. The Morgan fingerprint density at radius 1 is 0.964 bits per heavy atom. The standard InChI is InChI=1S/C21H22FN3O3/c1-28-18-8-6-17(7-9-18)25-20(26)14-19(21(25)27)24-12-10-23(11-13-24)16-4-2-15(22)3-5-16/h2-9,19H,10-14H2,1H3/p+1. The Balaban J connectivity index is 1.42. The molecule has 2 saturated heterocycles. The van der Waals surface area contributed by atoms with Gasteiger partial charge in [0.15, 0.2) is 6.04 Å². The molecule has 0 saturated carbocycles. The summed E-state index contributed by atoms with van der Waals surface area (Å²) in [5.41, 5.74) is 1.57. The van der Waals surface area contributed by atoms with Gasteiger partial charge in [-0.1, -0.05) is 0 Å². The van der Waals surface area contributed by atoms with Crippen LogP contribution in [0.1, 0.15) is 6.42 Å². The van der Waals surface area contributed by atoms with Crippen molar-refractivity contribution in [1.29, 1.82) is 0 Å². The number of ether oxygens (including phenoxy) is 1. The molecule has 4 rings (SSSR count). The predicted octanol–water partition coefficient (Wildman–Crippen LogP) is 0.871. The van der Waals surface area contributed by atoms with Crippen LogP contribution in [0.5, 0.6) is 5.75 Å². The largest absolute Gasteiger partial charge is 0.497 e. The van der Waals surface area contributed by atoms with Gasteiger partial charge in [0.05, 0.1) is 45.4 Å². The summed E-state index contributed by atoms with van der Waals surface area (Å²) in [6.07, 6.45) is 0.233. The highest BCUT2D eigenvalue weighted by atomic mass is 19.1. The Kier molecular flexibility index (Phi) is 5.00. The number of methoxy groups -OCH3 is 1. The molecule has 0 spiro atoms. The van der Waals surface area contributed by atoms with E-state index in [1.54, 1.807) is 43.5 Å². The molecule has 0 radical (unpaired) electrons. The van der Waals surface area contributed by atoms with E-state index in [0.29, 0.717) is 11.4 Å². The van der Waals surface area contributed by atoms with Crippen LogP contribution in [0.25, 0.3) is 0 Å². The van der Waals surface area contributed by atoms with Crippen molar-refractivity contribution in [2.75, 3.05) is 43.1 Å². The molecule has 1 unspecified atom stereocenters. The van der Waals surface area contributed by atoms with Crippen molar-refractivity contribution in [3.63, 3.8) is 0 Å². The molecule has 2 amide bonds. The first kappa shape index (κ1) is 18.4. The van der Waals surface area contributed by atoms with Crippen molar-refractivity contribution in [3.05, 3.63) is 54.3 Å². The summed E-state index contributed by atoms with van der Waals surface area (Å²) in [7, 11) is 1.58. The lowest BCUT2D eigenvalue weighted by Crippen LogP contribution is -3.19. The molecule has 0 aromatic heterocycles. The van der Waals surface area contributed by atoms with Gasteiger partial charge in [0.1, 0.15) is 11.6 Å². The van der Waals surface area contributed by atoms with Gasteiger partial charge in [0.2, 0.25) is 5.91 Å². The zero-order valence-electron chi connectivity index (χ0n) is 15.7. The number of carbonyl (C=O) groups excluding carboxylic acids is 2. The molecule has 0 aliphatic carbocycles. The lowest BCUT2D eigenvalue weighted by Gasteiger charge is -2.35. The molecule has 2 aromatic carbocycles. The first-order valence-electron chi connectivity index (χ1n) is 9.43. The number of halogens is 1. The SMILES string of the molecule is COc1ccc(N2C(=O)CC([NH+]3CCN(c4ccc(F)cc4)CC3)C2=O)cc1. The van der Waals surface area contributed by atoms with Crippen molar-refractivity contribution >= 4 is 23.2 Å². The Labute approximate surface area is 163 Å².